The molecule has 10 heteroatoms. The number of halogens is 1. The maximum Gasteiger partial charge on any atom is 0.337 e. The number of carboxylic acids is 1. The maximum atomic E-state index is 13.5. The van der Waals surface area contributed by atoms with Crippen molar-refractivity contribution in [3.63, 3.8) is 0 Å². The average Bonchev–Trinajstić information content (AvgIpc) is 3.09. The minimum atomic E-state index is -1.83. The first-order chi connectivity index (χ1) is 15.6. The number of aromatic carboxylic acids is 1. The molecule has 3 N–H and O–H groups in total. The Bertz CT molecular complexity index is 1240. The summed E-state index contributed by atoms with van der Waals surface area (Å²) < 4.78 is 16.5. The van der Waals surface area contributed by atoms with Crippen LogP contribution >= 0.6 is 11.6 Å². The van der Waals surface area contributed by atoms with Crippen LogP contribution in [0.25, 0.3) is 0 Å². The van der Waals surface area contributed by atoms with Gasteiger partial charge in [-0.05, 0) is 24.6 Å². The number of hydrogen-bond donors (Lipinski definition) is 3. The van der Waals surface area contributed by atoms with Crippen LogP contribution in [0.4, 0.5) is 5.69 Å². The molecule has 1 aliphatic heterocycles. The molecular formula is C23H20ClNO8. The van der Waals surface area contributed by atoms with Gasteiger partial charge in [0.05, 0.1) is 25.5 Å². The van der Waals surface area contributed by atoms with Gasteiger partial charge in [-0.2, -0.15) is 0 Å². The van der Waals surface area contributed by atoms with E-state index in [4.69, 9.17) is 25.8 Å². The highest BCUT2D eigenvalue weighted by atomic mass is 35.5. The van der Waals surface area contributed by atoms with Crippen molar-refractivity contribution in [3.8, 4) is 23.0 Å². The van der Waals surface area contributed by atoms with Crippen molar-refractivity contribution in [1.82, 2.24) is 0 Å². The molecule has 33 heavy (non-hydrogen) atoms. The molecule has 0 saturated heterocycles. The first kappa shape index (κ1) is 22.5. The predicted octanol–water partition coefficient (Wildman–Crippen LogP) is 3.68. The van der Waals surface area contributed by atoms with Crippen molar-refractivity contribution in [3.05, 3.63) is 52.2 Å². The number of nitrogens with one attached hydrogen (secondary N) is 1. The Labute approximate surface area is 193 Å². The number of phenols is 1. The summed E-state index contributed by atoms with van der Waals surface area (Å²) in [6.07, 6.45) is 1.42. The number of rotatable bonds is 5. The molecule has 0 fully saturated rings. The zero-order valence-electron chi connectivity index (χ0n) is 17.9. The van der Waals surface area contributed by atoms with Crippen LogP contribution in [0.3, 0.4) is 0 Å². The molecule has 0 saturated carbocycles. The van der Waals surface area contributed by atoms with Gasteiger partial charge >= 0.3 is 5.97 Å². The number of ketones is 2. The Hall–Kier alpha value is -3.72. The highest BCUT2D eigenvalue weighted by Crippen LogP contribution is 2.53. The van der Waals surface area contributed by atoms with E-state index in [1.54, 1.807) is 6.92 Å². The minimum Gasteiger partial charge on any atom is -0.508 e. The smallest absolute Gasteiger partial charge is 0.337 e. The molecule has 1 spiro atoms. The lowest BCUT2D eigenvalue weighted by molar-refractivity contribution is -0.129. The van der Waals surface area contributed by atoms with Gasteiger partial charge in [0, 0.05) is 23.8 Å². The summed E-state index contributed by atoms with van der Waals surface area (Å²) in [5.74, 6) is -2.83. The van der Waals surface area contributed by atoms with Crippen LogP contribution in [0.1, 0.15) is 34.1 Å². The van der Waals surface area contributed by atoms with Gasteiger partial charge in [-0.1, -0.05) is 18.5 Å². The van der Waals surface area contributed by atoms with Crippen molar-refractivity contribution in [1.29, 1.82) is 0 Å². The van der Waals surface area contributed by atoms with Gasteiger partial charge < -0.3 is 29.7 Å². The number of aromatic hydroxyl groups is 1. The van der Waals surface area contributed by atoms with Crippen molar-refractivity contribution in [2.45, 2.75) is 18.9 Å². The molecule has 0 bridgehead atoms. The second kappa shape index (κ2) is 8.00. The van der Waals surface area contributed by atoms with E-state index in [-0.39, 0.29) is 51.3 Å². The Morgan fingerprint density at radius 3 is 2.52 bits per heavy atom. The maximum absolute atomic E-state index is 13.5. The Morgan fingerprint density at radius 1 is 1.21 bits per heavy atom. The van der Waals surface area contributed by atoms with E-state index in [0.717, 1.165) is 6.07 Å². The van der Waals surface area contributed by atoms with Crippen LogP contribution < -0.4 is 19.5 Å². The molecule has 4 rings (SSSR count). The molecule has 2 atom stereocenters. The van der Waals surface area contributed by atoms with E-state index < -0.39 is 29.1 Å². The van der Waals surface area contributed by atoms with Gasteiger partial charge in [-0.3, -0.25) is 9.59 Å². The van der Waals surface area contributed by atoms with E-state index in [1.165, 1.54) is 38.5 Å². The largest absolute Gasteiger partial charge is 0.508 e. The number of methoxy groups -OCH3 is 2. The summed E-state index contributed by atoms with van der Waals surface area (Å²) in [5, 5.41) is 22.0. The minimum absolute atomic E-state index is 0.0228. The van der Waals surface area contributed by atoms with Crippen LogP contribution in [0.15, 0.2) is 36.0 Å². The SMILES string of the molecule is COc1cc(OC)c2c(c1Cl)OC1(C(=O)C=C(Nc3ccc(O)cc3C(=O)O)CC1C)C2=O. The number of benzene rings is 2. The zero-order valence-corrected chi connectivity index (χ0v) is 18.6. The van der Waals surface area contributed by atoms with Crippen LogP contribution in [0.2, 0.25) is 5.02 Å². The molecule has 1 aliphatic carbocycles. The van der Waals surface area contributed by atoms with Gasteiger partial charge in [0.15, 0.2) is 5.75 Å². The number of carboxylic acid groups (broad SMARTS) is 1. The lowest BCUT2D eigenvalue weighted by Crippen LogP contribution is -2.55. The van der Waals surface area contributed by atoms with Crippen LogP contribution in [0.5, 0.6) is 23.0 Å². The van der Waals surface area contributed by atoms with Gasteiger partial charge in [0.25, 0.3) is 0 Å². The molecule has 2 aromatic carbocycles. The standard InChI is InChI=1S/C23H20ClNO8/c1-10-6-11(25-14-5-4-12(26)8-13(14)22(29)30)7-17(27)23(10)21(28)18-15(31-2)9-16(32-3)19(24)20(18)33-23/h4-5,7-10,25-26H,6H2,1-3H3,(H,29,30). The van der Waals surface area contributed by atoms with E-state index in [1.807, 2.05) is 0 Å². The summed E-state index contributed by atoms with van der Waals surface area (Å²) >= 11 is 6.37. The number of Topliss-reactive ketones (excluding diaryl/α,β-unsaturated/α-hetero) is 1. The van der Waals surface area contributed by atoms with Gasteiger partial charge in [0.2, 0.25) is 17.2 Å². The fourth-order valence-electron chi connectivity index (χ4n) is 4.21. The summed E-state index contributed by atoms with van der Waals surface area (Å²) in [5.41, 5.74) is -1.34. The Morgan fingerprint density at radius 2 is 1.91 bits per heavy atom. The number of allylic oxidation sites excluding steroid dienone is 1. The molecule has 2 aliphatic rings. The number of fused-ring (bicyclic) bond motifs is 1. The fraction of sp³-hybridized carbons (Fsp3) is 0.261. The lowest BCUT2D eigenvalue weighted by atomic mass is 9.74. The van der Waals surface area contributed by atoms with Crippen LogP contribution in [-0.4, -0.2) is 47.6 Å². The molecule has 172 valence electrons. The number of hydrogen-bond acceptors (Lipinski definition) is 8. The number of carbonyl (C=O) groups excluding carboxylic acids is 2. The van der Waals surface area contributed by atoms with Crippen LogP contribution in [0, 0.1) is 5.92 Å². The van der Waals surface area contributed by atoms with Crippen LogP contribution in [-0.2, 0) is 4.79 Å². The second-order valence-corrected chi connectivity index (χ2v) is 8.14. The Kier molecular flexibility index (Phi) is 5.45. The number of carbonyl (C=O) groups is 3. The summed E-state index contributed by atoms with van der Waals surface area (Å²) in [6, 6.07) is 5.28. The quantitative estimate of drug-likeness (QED) is 0.439. The predicted molar refractivity (Wildman–Crippen MR) is 118 cm³/mol. The third-order valence-electron chi connectivity index (χ3n) is 5.84. The van der Waals surface area contributed by atoms with Gasteiger partial charge in [-0.15, -0.1) is 0 Å². The van der Waals surface area contributed by atoms with Crippen molar-refractivity contribution in [2.75, 3.05) is 19.5 Å². The topological polar surface area (TPSA) is 131 Å². The fourth-order valence-corrected chi connectivity index (χ4v) is 4.47. The molecule has 9 nitrogen and oxygen atoms in total. The number of ether oxygens (including phenoxy) is 3. The third-order valence-corrected chi connectivity index (χ3v) is 6.20. The normalized spacial score (nSPS) is 21.3. The molecule has 0 aromatic heterocycles. The Balaban J connectivity index is 1.73. The van der Waals surface area contributed by atoms with Crippen molar-refractivity contribution >= 4 is 34.8 Å². The zero-order chi connectivity index (χ0) is 24.1. The summed E-state index contributed by atoms with van der Waals surface area (Å²) in [7, 11) is 2.79. The molecule has 2 aromatic rings. The first-order valence-corrected chi connectivity index (χ1v) is 10.3. The van der Waals surface area contributed by atoms with E-state index in [2.05, 4.69) is 5.32 Å². The average molecular weight is 474 g/mol. The van der Waals surface area contributed by atoms with Crippen molar-refractivity contribution in [2.24, 2.45) is 5.92 Å². The lowest BCUT2D eigenvalue weighted by Gasteiger charge is -2.35. The summed E-state index contributed by atoms with van der Waals surface area (Å²) in [4.78, 5) is 38.3. The van der Waals surface area contributed by atoms with Gasteiger partial charge in [0.1, 0.15) is 27.8 Å². The number of anilines is 1. The van der Waals surface area contributed by atoms with E-state index in [0.29, 0.717) is 5.70 Å². The molecule has 1 heterocycles. The second-order valence-electron chi connectivity index (χ2n) is 7.77. The molecule has 0 radical (unpaired) electrons. The molecule has 0 amide bonds. The van der Waals surface area contributed by atoms with E-state index in [9.17, 15) is 24.6 Å². The first-order valence-electron chi connectivity index (χ1n) is 9.90. The van der Waals surface area contributed by atoms with E-state index >= 15 is 0 Å². The monoisotopic (exact) mass is 473 g/mol. The van der Waals surface area contributed by atoms with Gasteiger partial charge in [-0.25, -0.2) is 4.79 Å². The highest BCUT2D eigenvalue weighted by Gasteiger charge is 2.60. The summed E-state index contributed by atoms with van der Waals surface area (Å²) in [6.45, 7) is 1.68. The highest BCUT2D eigenvalue weighted by molar-refractivity contribution is 6.36. The number of phenolic OH excluding ortho intramolecular Hbond substituents is 1. The van der Waals surface area contributed by atoms with Crippen molar-refractivity contribution < 1.29 is 38.8 Å². The third kappa shape index (κ3) is 3.36. The molecular weight excluding hydrogens is 454 g/mol. The molecule has 2 unspecified atom stereocenters.